The molecule has 0 spiro atoms. The fourth-order valence-electron chi connectivity index (χ4n) is 1.65. The molecule has 0 aromatic heterocycles. The Hall–Kier alpha value is -1.19. The molecule has 0 amide bonds. The van der Waals surface area contributed by atoms with E-state index in [-0.39, 0.29) is 12.2 Å². The summed E-state index contributed by atoms with van der Waals surface area (Å²) in [5.41, 5.74) is 2.89. The number of aryl methyl sites for hydroxylation is 2. The molecule has 0 aliphatic heterocycles. The van der Waals surface area contributed by atoms with Crippen LogP contribution in [0.5, 0.6) is 0 Å². The molecule has 0 saturated carbocycles. The SMILES string of the molecule is COC(CC(=O)c1ccc(C)cc1C)OC. The van der Waals surface area contributed by atoms with Gasteiger partial charge in [-0.2, -0.15) is 0 Å². The third-order valence-corrected chi connectivity index (χ3v) is 2.56. The van der Waals surface area contributed by atoms with Crippen LogP contribution in [0, 0.1) is 13.8 Å². The van der Waals surface area contributed by atoms with E-state index >= 15 is 0 Å². The predicted molar refractivity (Wildman–Crippen MR) is 62.7 cm³/mol. The van der Waals surface area contributed by atoms with E-state index in [9.17, 15) is 4.79 Å². The van der Waals surface area contributed by atoms with E-state index in [1.165, 1.54) is 14.2 Å². The summed E-state index contributed by atoms with van der Waals surface area (Å²) in [7, 11) is 3.06. The summed E-state index contributed by atoms with van der Waals surface area (Å²) >= 11 is 0. The molecule has 88 valence electrons. The van der Waals surface area contributed by atoms with Gasteiger partial charge < -0.3 is 9.47 Å². The normalized spacial score (nSPS) is 10.8. The number of methoxy groups -OCH3 is 2. The lowest BCUT2D eigenvalue weighted by Gasteiger charge is -2.13. The van der Waals surface area contributed by atoms with Crippen LogP contribution in [0.4, 0.5) is 0 Å². The van der Waals surface area contributed by atoms with Gasteiger partial charge in [-0.05, 0) is 19.4 Å². The second kappa shape index (κ2) is 5.77. The molecule has 1 rings (SSSR count). The van der Waals surface area contributed by atoms with Gasteiger partial charge in [0.25, 0.3) is 0 Å². The number of hydrogen-bond acceptors (Lipinski definition) is 3. The van der Waals surface area contributed by atoms with Gasteiger partial charge in [0.2, 0.25) is 0 Å². The molecule has 0 fully saturated rings. The van der Waals surface area contributed by atoms with Crippen molar-refractivity contribution in [3.63, 3.8) is 0 Å². The fourth-order valence-corrected chi connectivity index (χ4v) is 1.65. The highest BCUT2D eigenvalue weighted by Crippen LogP contribution is 2.14. The van der Waals surface area contributed by atoms with E-state index in [0.29, 0.717) is 0 Å². The zero-order chi connectivity index (χ0) is 12.1. The van der Waals surface area contributed by atoms with E-state index < -0.39 is 6.29 Å². The van der Waals surface area contributed by atoms with Crippen LogP contribution >= 0.6 is 0 Å². The Morgan fingerprint density at radius 1 is 1.25 bits per heavy atom. The maximum atomic E-state index is 11.9. The number of Topliss-reactive ketones (excluding diaryl/α,β-unsaturated/α-hetero) is 1. The van der Waals surface area contributed by atoms with Crippen LogP contribution in [0.15, 0.2) is 18.2 Å². The maximum absolute atomic E-state index is 11.9. The van der Waals surface area contributed by atoms with Gasteiger partial charge in [0.15, 0.2) is 12.1 Å². The highest BCUT2D eigenvalue weighted by Gasteiger charge is 2.15. The van der Waals surface area contributed by atoms with Crippen molar-refractivity contribution in [3.05, 3.63) is 34.9 Å². The van der Waals surface area contributed by atoms with E-state index in [0.717, 1.165) is 16.7 Å². The molecular formula is C13H18O3. The van der Waals surface area contributed by atoms with Gasteiger partial charge in [-0.25, -0.2) is 0 Å². The van der Waals surface area contributed by atoms with Crippen molar-refractivity contribution >= 4 is 5.78 Å². The van der Waals surface area contributed by atoms with Gasteiger partial charge in [-0.15, -0.1) is 0 Å². The zero-order valence-corrected chi connectivity index (χ0v) is 10.2. The van der Waals surface area contributed by atoms with Gasteiger partial charge in [0.05, 0.1) is 6.42 Å². The summed E-state index contributed by atoms with van der Waals surface area (Å²) in [5, 5.41) is 0. The molecule has 0 aliphatic carbocycles. The van der Waals surface area contributed by atoms with Crippen molar-refractivity contribution in [1.82, 2.24) is 0 Å². The Morgan fingerprint density at radius 3 is 2.38 bits per heavy atom. The largest absolute Gasteiger partial charge is 0.355 e. The summed E-state index contributed by atoms with van der Waals surface area (Å²) in [4.78, 5) is 11.9. The van der Waals surface area contributed by atoms with Gasteiger partial charge in [0.1, 0.15) is 0 Å². The first-order valence-corrected chi connectivity index (χ1v) is 5.24. The minimum Gasteiger partial charge on any atom is -0.355 e. The van der Waals surface area contributed by atoms with Crippen molar-refractivity contribution in [2.75, 3.05) is 14.2 Å². The highest BCUT2D eigenvalue weighted by molar-refractivity contribution is 5.97. The highest BCUT2D eigenvalue weighted by atomic mass is 16.7. The summed E-state index contributed by atoms with van der Waals surface area (Å²) in [6.07, 6.45) is -0.218. The second-order valence-electron chi connectivity index (χ2n) is 3.85. The Labute approximate surface area is 96.4 Å². The van der Waals surface area contributed by atoms with Crippen molar-refractivity contribution in [1.29, 1.82) is 0 Å². The molecule has 0 heterocycles. The van der Waals surface area contributed by atoms with Crippen LogP contribution in [0.3, 0.4) is 0 Å². The molecule has 0 N–H and O–H groups in total. The standard InChI is InChI=1S/C13H18O3/c1-9-5-6-11(10(2)7-9)12(14)8-13(15-3)16-4/h5-7,13H,8H2,1-4H3. The Morgan fingerprint density at radius 2 is 1.88 bits per heavy atom. The van der Waals surface area contributed by atoms with Crippen molar-refractivity contribution in [2.45, 2.75) is 26.6 Å². The molecule has 0 aliphatic rings. The first kappa shape index (κ1) is 12.9. The van der Waals surface area contributed by atoms with E-state index in [2.05, 4.69) is 0 Å². The summed E-state index contributed by atoms with van der Waals surface area (Å²) in [5.74, 6) is 0.0474. The molecular weight excluding hydrogens is 204 g/mol. The second-order valence-corrected chi connectivity index (χ2v) is 3.85. The topological polar surface area (TPSA) is 35.5 Å². The zero-order valence-electron chi connectivity index (χ0n) is 10.2. The summed E-state index contributed by atoms with van der Waals surface area (Å²) in [6, 6.07) is 5.80. The van der Waals surface area contributed by atoms with Gasteiger partial charge in [0, 0.05) is 19.8 Å². The Balaban J connectivity index is 2.80. The van der Waals surface area contributed by atoms with Crippen LogP contribution in [-0.2, 0) is 9.47 Å². The lowest BCUT2D eigenvalue weighted by Crippen LogP contribution is -2.18. The molecule has 16 heavy (non-hydrogen) atoms. The monoisotopic (exact) mass is 222 g/mol. The summed E-state index contributed by atoms with van der Waals surface area (Å²) in [6.45, 7) is 3.95. The van der Waals surface area contributed by atoms with E-state index in [1.807, 2.05) is 32.0 Å². The lowest BCUT2D eigenvalue weighted by molar-refractivity contribution is -0.0993. The third kappa shape index (κ3) is 3.15. The maximum Gasteiger partial charge on any atom is 0.168 e. The lowest BCUT2D eigenvalue weighted by atomic mass is 10.0. The average Bonchev–Trinajstić information content (AvgIpc) is 2.25. The number of carbonyl (C=O) groups is 1. The molecule has 1 aromatic rings. The van der Waals surface area contributed by atoms with Crippen molar-refractivity contribution < 1.29 is 14.3 Å². The Kier molecular flexibility index (Phi) is 4.65. The van der Waals surface area contributed by atoms with Crippen LogP contribution in [-0.4, -0.2) is 26.3 Å². The molecule has 0 saturated heterocycles. The van der Waals surface area contributed by atoms with Crippen LogP contribution in [0.25, 0.3) is 0 Å². The minimum atomic E-state index is -0.465. The van der Waals surface area contributed by atoms with Crippen molar-refractivity contribution in [2.24, 2.45) is 0 Å². The number of hydrogen-bond donors (Lipinski definition) is 0. The average molecular weight is 222 g/mol. The number of rotatable bonds is 5. The van der Waals surface area contributed by atoms with Gasteiger partial charge in [-0.1, -0.05) is 23.8 Å². The number of ether oxygens (including phenoxy) is 2. The summed E-state index contributed by atoms with van der Waals surface area (Å²) < 4.78 is 10.0. The quantitative estimate of drug-likeness (QED) is 0.567. The first-order valence-electron chi connectivity index (χ1n) is 5.24. The molecule has 3 heteroatoms. The smallest absolute Gasteiger partial charge is 0.168 e. The fraction of sp³-hybridized carbons (Fsp3) is 0.462. The number of benzene rings is 1. The van der Waals surface area contributed by atoms with Crippen molar-refractivity contribution in [3.8, 4) is 0 Å². The van der Waals surface area contributed by atoms with E-state index in [1.54, 1.807) is 0 Å². The Bertz CT molecular complexity index is 367. The van der Waals surface area contributed by atoms with E-state index in [4.69, 9.17) is 9.47 Å². The molecule has 3 nitrogen and oxygen atoms in total. The van der Waals surface area contributed by atoms with Gasteiger partial charge >= 0.3 is 0 Å². The van der Waals surface area contributed by atoms with Crippen LogP contribution in [0.2, 0.25) is 0 Å². The molecule has 0 atom stereocenters. The molecule has 0 radical (unpaired) electrons. The van der Waals surface area contributed by atoms with Crippen LogP contribution < -0.4 is 0 Å². The van der Waals surface area contributed by atoms with Crippen LogP contribution in [0.1, 0.15) is 27.9 Å². The van der Waals surface area contributed by atoms with Gasteiger partial charge in [-0.3, -0.25) is 4.79 Å². The molecule has 0 bridgehead atoms. The number of carbonyl (C=O) groups excluding carboxylic acids is 1. The molecule has 1 aromatic carbocycles. The first-order chi connectivity index (χ1) is 7.58. The molecule has 0 unspecified atom stereocenters. The third-order valence-electron chi connectivity index (χ3n) is 2.56. The predicted octanol–water partition coefficient (Wildman–Crippen LogP) is 2.50. The number of ketones is 1. The minimum absolute atomic E-state index is 0.0474.